The van der Waals surface area contributed by atoms with Gasteiger partial charge < -0.3 is 10.1 Å². The molecule has 0 saturated heterocycles. The van der Waals surface area contributed by atoms with Gasteiger partial charge in [-0.2, -0.15) is 0 Å². The minimum atomic E-state index is 0.780. The Kier molecular flexibility index (Phi) is 5.33. The molecule has 3 heteroatoms. The highest BCUT2D eigenvalue weighted by atomic mass is 35.5. The molecular formula is C15H22ClNO. The van der Waals surface area contributed by atoms with Crippen molar-refractivity contribution in [3.05, 3.63) is 28.8 Å². The van der Waals surface area contributed by atoms with Gasteiger partial charge in [0, 0.05) is 17.1 Å². The van der Waals surface area contributed by atoms with Crippen molar-refractivity contribution in [3.63, 3.8) is 0 Å². The second-order valence-electron chi connectivity index (χ2n) is 5.04. The zero-order valence-corrected chi connectivity index (χ0v) is 11.8. The highest BCUT2D eigenvalue weighted by molar-refractivity contribution is 6.31. The normalized spacial score (nSPS) is 16.1. The van der Waals surface area contributed by atoms with Crippen molar-refractivity contribution in [2.45, 2.75) is 38.6 Å². The molecule has 0 bridgehead atoms. The van der Waals surface area contributed by atoms with E-state index < -0.39 is 0 Å². The molecule has 100 valence electrons. The van der Waals surface area contributed by atoms with Crippen LogP contribution in [0.2, 0.25) is 5.02 Å². The molecular weight excluding hydrogens is 246 g/mol. The van der Waals surface area contributed by atoms with Gasteiger partial charge in [0.1, 0.15) is 5.75 Å². The summed E-state index contributed by atoms with van der Waals surface area (Å²) < 4.78 is 5.33. The third-order valence-electron chi connectivity index (χ3n) is 3.80. The first-order valence-corrected chi connectivity index (χ1v) is 7.21. The van der Waals surface area contributed by atoms with Crippen LogP contribution < -0.4 is 10.1 Å². The van der Waals surface area contributed by atoms with Crippen LogP contribution in [0.25, 0.3) is 0 Å². The number of hydrogen-bond acceptors (Lipinski definition) is 2. The predicted molar refractivity (Wildman–Crippen MR) is 76.3 cm³/mol. The first-order valence-electron chi connectivity index (χ1n) is 6.83. The maximum atomic E-state index is 6.19. The summed E-state index contributed by atoms with van der Waals surface area (Å²) in [7, 11) is 1.69. The van der Waals surface area contributed by atoms with Gasteiger partial charge in [0.25, 0.3) is 0 Å². The number of hydrogen-bond donors (Lipinski definition) is 1. The SMILES string of the molecule is COc1cccc(Cl)c1CNCCC1CCCC1. The third-order valence-corrected chi connectivity index (χ3v) is 4.16. The largest absolute Gasteiger partial charge is 0.496 e. The number of rotatable bonds is 6. The van der Waals surface area contributed by atoms with Gasteiger partial charge in [-0.15, -0.1) is 0 Å². The van der Waals surface area contributed by atoms with Gasteiger partial charge in [0.15, 0.2) is 0 Å². The molecule has 1 N–H and O–H groups in total. The molecule has 1 aromatic carbocycles. The maximum absolute atomic E-state index is 6.19. The highest BCUT2D eigenvalue weighted by Crippen LogP contribution is 2.28. The van der Waals surface area contributed by atoms with Gasteiger partial charge >= 0.3 is 0 Å². The number of halogens is 1. The quantitative estimate of drug-likeness (QED) is 0.786. The van der Waals surface area contributed by atoms with E-state index in [2.05, 4.69) is 5.32 Å². The molecule has 1 aliphatic carbocycles. The number of nitrogens with one attached hydrogen (secondary N) is 1. The summed E-state index contributed by atoms with van der Waals surface area (Å²) in [5.74, 6) is 1.81. The topological polar surface area (TPSA) is 21.3 Å². The average Bonchev–Trinajstić information content (AvgIpc) is 2.89. The van der Waals surface area contributed by atoms with Crippen LogP contribution in [0.4, 0.5) is 0 Å². The van der Waals surface area contributed by atoms with Crippen LogP contribution in [0.1, 0.15) is 37.7 Å². The summed E-state index contributed by atoms with van der Waals surface area (Å²) >= 11 is 6.19. The average molecular weight is 268 g/mol. The molecule has 0 amide bonds. The Morgan fingerprint density at radius 1 is 1.33 bits per heavy atom. The Balaban J connectivity index is 1.78. The minimum absolute atomic E-state index is 0.780. The Labute approximate surface area is 115 Å². The Morgan fingerprint density at radius 2 is 2.11 bits per heavy atom. The van der Waals surface area contributed by atoms with Gasteiger partial charge in [-0.05, 0) is 31.0 Å². The first kappa shape index (κ1) is 13.7. The summed E-state index contributed by atoms with van der Waals surface area (Å²) in [4.78, 5) is 0. The van der Waals surface area contributed by atoms with Crippen molar-refractivity contribution in [1.82, 2.24) is 5.32 Å². The van der Waals surface area contributed by atoms with Crippen molar-refractivity contribution < 1.29 is 4.74 Å². The van der Waals surface area contributed by atoms with E-state index >= 15 is 0 Å². The monoisotopic (exact) mass is 267 g/mol. The molecule has 0 aromatic heterocycles. The second kappa shape index (κ2) is 7.01. The van der Waals surface area contributed by atoms with E-state index in [4.69, 9.17) is 16.3 Å². The summed E-state index contributed by atoms with van der Waals surface area (Å²) in [6, 6.07) is 5.79. The molecule has 0 atom stereocenters. The van der Waals surface area contributed by atoms with Crippen LogP contribution in [0.5, 0.6) is 5.75 Å². The summed E-state index contributed by atoms with van der Waals surface area (Å²) in [6.45, 7) is 1.86. The van der Waals surface area contributed by atoms with Gasteiger partial charge in [0.2, 0.25) is 0 Å². The van der Waals surface area contributed by atoms with E-state index in [0.29, 0.717) is 0 Å². The zero-order valence-electron chi connectivity index (χ0n) is 11.0. The molecule has 2 nitrogen and oxygen atoms in total. The van der Waals surface area contributed by atoms with Crippen molar-refractivity contribution in [3.8, 4) is 5.75 Å². The van der Waals surface area contributed by atoms with E-state index in [1.165, 1.54) is 32.1 Å². The highest BCUT2D eigenvalue weighted by Gasteiger charge is 2.14. The fraction of sp³-hybridized carbons (Fsp3) is 0.600. The Bertz CT molecular complexity index is 375. The molecule has 0 aliphatic heterocycles. The smallest absolute Gasteiger partial charge is 0.124 e. The lowest BCUT2D eigenvalue weighted by molar-refractivity contribution is 0.406. The maximum Gasteiger partial charge on any atom is 0.124 e. The molecule has 1 saturated carbocycles. The van der Waals surface area contributed by atoms with E-state index in [1.54, 1.807) is 7.11 Å². The van der Waals surface area contributed by atoms with Crippen LogP contribution in [-0.2, 0) is 6.54 Å². The Hall–Kier alpha value is -0.730. The predicted octanol–water partition coefficient (Wildman–Crippen LogP) is 4.02. The molecule has 0 radical (unpaired) electrons. The summed E-state index contributed by atoms with van der Waals surface area (Å²) in [5, 5.41) is 4.26. The van der Waals surface area contributed by atoms with E-state index in [0.717, 1.165) is 35.3 Å². The molecule has 2 rings (SSSR count). The van der Waals surface area contributed by atoms with Crippen LogP contribution in [0, 0.1) is 5.92 Å². The van der Waals surface area contributed by atoms with E-state index in [1.807, 2.05) is 18.2 Å². The first-order chi connectivity index (χ1) is 8.81. The van der Waals surface area contributed by atoms with Gasteiger partial charge in [-0.1, -0.05) is 43.4 Å². The van der Waals surface area contributed by atoms with Gasteiger partial charge in [-0.25, -0.2) is 0 Å². The van der Waals surface area contributed by atoms with E-state index in [9.17, 15) is 0 Å². The van der Waals surface area contributed by atoms with Crippen LogP contribution in [0.15, 0.2) is 18.2 Å². The van der Waals surface area contributed by atoms with Gasteiger partial charge in [-0.3, -0.25) is 0 Å². The molecule has 1 aliphatic rings. The lowest BCUT2D eigenvalue weighted by Gasteiger charge is -2.13. The van der Waals surface area contributed by atoms with Crippen molar-refractivity contribution in [1.29, 1.82) is 0 Å². The molecule has 1 fully saturated rings. The Morgan fingerprint density at radius 3 is 2.83 bits per heavy atom. The molecule has 1 aromatic rings. The van der Waals surface area contributed by atoms with Crippen molar-refractivity contribution in [2.24, 2.45) is 5.92 Å². The van der Waals surface area contributed by atoms with E-state index in [-0.39, 0.29) is 0 Å². The van der Waals surface area contributed by atoms with Crippen molar-refractivity contribution >= 4 is 11.6 Å². The molecule has 0 heterocycles. The van der Waals surface area contributed by atoms with Crippen molar-refractivity contribution in [2.75, 3.05) is 13.7 Å². The second-order valence-corrected chi connectivity index (χ2v) is 5.44. The third kappa shape index (κ3) is 3.63. The van der Waals surface area contributed by atoms with Crippen LogP contribution >= 0.6 is 11.6 Å². The molecule has 18 heavy (non-hydrogen) atoms. The minimum Gasteiger partial charge on any atom is -0.496 e. The number of methoxy groups -OCH3 is 1. The molecule has 0 unspecified atom stereocenters. The fourth-order valence-electron chi connectivity index (χ4n) is 2.72. The lowest BCUT2D eigenvalue weighted by atomic mass is 10.0. The number of ether oxygens (including phenoxy) is 1. The van der Waals surface area contributed by atoms with Crippen LogP contribution in [-0.4, -0.2) is 13.7 Å². The standard InChI is InChI=1S/C15H22ClNO/c1-18-15-8-4-7-14(16)13(15)11-17-10-9-12-5-2-3-6-12/h4,7-8,12,17H,2-3,5-6,9-11H2,1H3. The number of benzene rings is 1. The molecule has 0 spiro atoms. The zero-order chi connectivity index (χ0) is 12.8. The summed E-state index contributed by atoms with van der Waals surface area (Å²) in [5.41, 5.74) is 1.06. The van der Waals surface area contributed by atoms with Gasteiger partial charge in [0.05, 0.1) is 7.11 Å². The summed E-state index contributed by atoms with van der Waals surface area (Å²) in [6.07, 6.45) is 6.95. The lowest BCUT2D eigenvalue weighted by Crippen LogP contribution is -2.17. The van der Waals surface area contributed by atoms with Crippen LogP contribution in [0.3, 0.4) is 0 Å². The fourth-order valence-corrected chi connectivity index (χ4v) is 2.95.